The summed E-state index contributed by atoms with van der Waals surface area (Å²) in [4.78, 5) is 26.8. The van der Waals surface area contributed by atoms with Crippen molar-refractivity contribution in [2.45, 2.75) is 71.1 Å². The number of alkyl carbamates (subject to hydrolysis) is 1. The number of Topliss-reactive ketones (excluding diaryl/α,β-unsaturated/α-hetero) is 1. The van der Waals surface area contributed by atoms with Gasteiger partial charge in [0.15, 0.2) is 5.78 Å². The summed E-state index contributed by atoms with van der Waals surface area (Å²) in [5.41, 5.74) is 2.92. The van der Waals surface area contributed by atoms with E-state index < -0.39 is 30.0 Å². The van der Waals surface area contributed by atoms with Gasteiger partial charge in [0.1, 0.15) is 18.3 Å². The van der Waals surface area contributed by atoms with Gasteiger partial charge >= 0.3 is 6.09 Å². The summed E-state index contributed by atoms with van der Waals surface area (Å²) in [5.74, 6) is -0.325. The number of hydrogen-bond donors (Lipinski definition) is 1. The maximum atomic E-state index is 14.0. The van der Waals surface area contributed by atoms with Crippen molar-refractivity contribution in [3.63, 3.8) is 0 Å². The van der Waals surface area contributed by atoms with Gasteiger partial charge in [-0.15, -0.1) is 0 Å². The van der Waals surface area contributed by atoms with Crippen LogP contribution in [0.1, 0.15) is 43.0 Å². The van der Waals surface area contributed by atoms with Crippen LogP contribution in [0.2, 0.25) is 0 Å². The summed E-state index contributed by atoms with van der Waals surface area (Å²) >= 11 is 0. The maximum absolute atomic E-state index is 14.0. The van der Waals surface area contributed by atoms with Crippen LogP contribution in [0.5, 0.6) is 0 Å². The number of ketones is 1. The van der Waals surface area contributed by atoms with Crippen LogP contribution in [0.15, 0.2) is 121 Å². The average molecular weight is 871 g/mol. The predicted octanol–water partition coefficient (Wildman–Crippen LogP) is 7.21. The van der Waals surface area contributed by atoms with Crippen molar-refractivity contribution in [1.29, 1.82) is 0 Å². The molecule has 4 rings (SSSR count). The van der Waals surface area contributed by atoms with Gasteiger partial charge in [-0.1, -0.05) is 121 Å². The van der Waals surface area contributed by atoms with E-state index in [4.69, 9.17) is 23.7 Å². The van der Waals surface area contributed by atoms with E-state index in [-0.39, 0.29) is 78.8 Å². The molecule has 4 aromatic carbocycles. The van der Waals surface area contributed by atoms with Gasteiger partial charge in [0.2, 0.25) is 0 Å². The van der Waals surface area contributed by atoms with Crippen LogP contribution in [0.25, 0.3) is 0 Å². The molecular weight excluding hydrogens is 826 g/mol. The normalized spacial score (nSPS) is 13.1. The van der Waals surface area contributed by atoms with Crippen molar-refractivity contribution in [3.05, 3.63) is 150 Å². The minimum Gasteiger partial charge on any atom is -0.468 e. The molecule has 0 spiro atoms. The Hall–Kier alpha value is -3.02. The molecule has 4 aromatic rings. The summed E-state index contributed by atoms with van der Waals surface area (Å²) in [5, 5.41) is 2.70. The van der Waals surface area contributed by atoms with Crippen molar-refractivity contribution < 1.29 is 73.2 Å². The molecule has 0 aliphatic rings. The van der Waals surface area contributed by atoms with Crippen molar-refractivity contribution in [1.82, 2.24) is 5.32 Å². The van der Waals surface area contributed by atoms with Gasteiger partial charge in [-0.2, -0.15) is 0 Å². The van der Waals surface area contributed by atoms with Crippen LogP contribution in [0.3, 0.4) is 0 Å². The first-order chi connectivity index (χ1) is 22.8. The summed E-state index contributed by atoms with van der Waals surface area (Å²) in [6.45, 7) is 7.34. The van der Waals surface area contributed by atoms with E-state index >= 15 is 0 Å². The van der Waals surface area contributed by atoms with E-state index in [1.54, 1.807) is 20.8 Å². The minimum absolute atomic E-state index is 0. The minimum atomic E-state index is -1.12. The first kappa shape index (κ1) is 39.4. The van der Waals surface area contributed by atoms with Crippen LogP contribution in [-0.2, 0) is 54.9 Å². The SMILES string of the molecule is CC(C)(C)OC(=O)N[CH-][C@H](OCc1ccccc1)[C@@H](OCc1ccccc1)[C@H](OCc1ccccc1)C(=O)COCc1ccccc1.[Th]. The number of hydrogen-bond acceptors (Lipinski definition) is 7. The summed E-state index contributed by atoms with van der Waals surface area (Å²) in [6.07, 6.45) is -3.69. The smallest absolute Gasteiger partial charge is 0.378 e. The second-order valence-corrected chi connectivity index (χ2v) is 12.0. The predicted molar refractivity (Wildman–Crippen MR) is 180 cm³/mol. The Balaban J connectivity index is 0.00000625. The van der Waals surface area contributed by atoms with Gasteiger partial charge in [-0.25, -0.2) is 11.3 Å². The van der Waals surface area contributed by atoms with Crippen molar-refractivity contribution in [3.8, 4) is 0 Å². The second kappa shape index (κ2) is 21.2. The Bertz CT molecular complexity index is 1470. The van der Waals surface area contributed by atoms with Gasteiger partial charge in [0.25, 0.3) is 0 Å². The van der Waals surface area contributed by atoms with Crippen LogP contribution in [0, 0.1) is 46.5 Å². The zero-order valence-corrected chi connectivity index (χ0v) is 31.9. The van der Waals surface area contributed by atoms with Crippen LogP contribution in [0.4, 0.5) is 4.79 Å². The zero-order chi connectivity index (χ0) is 33.3. The maximum Gasteiger partial charge on any atom is 0.378 e. The molecule has 0 unspecified atom stereocenters. The molecule has 1 amide bonds. The molecule has 0 aliphatic carbocycles. The van der Waals surface area contributed by atoms with Crippen molar-refractivity contribution in [2.75, 3.05) is 6.61 Å². The molecule has 0 saturated carbocycles. The Labute approximate surface area is 316 Å². The van der Waals surface area contributed by atoms with Crippen LogP contribution in [-0.4, -0.2) is 42.4 Å². The first-order valence-corrected chi connectivity index (χ1v) is 15.7. The fourth-order valence-electron chi connectivity index (χ4n) is 4.64. The van der Waals surface area contributed by atoms with Crippen molar-refractivity contribution in [2.24, 2.45) is 0 Å². The molecule has 3 atom stereocenters. The number of benzene rings is 4. The fourth-order valence-corrected chi connectivity index (χ4v) is 4.64. The molecule has 0 radical (unpaired) electrons. The molecular formula is C39H44NO7Th-. The van der Waals surface area contributed by atoms with Gasteiger partial charge in [-0.05, 0) is 49.1 Å². The summed E-state index contributed by atoms with van der Waals surface area (Å²) < 4.78 is 30.6. The number of nitrogens with one attached hydrogen (secondary N) is 1. The second-order valence-electron chi connectivity index (χ2n) is 12.0. The first-order valence-electron chi connectivity index (χ1n) is 15.7. The third kappa shape index (κ3) is 14.6. The molecule has 0 bridgehead atoms. The summed E-state index contributed by atoms with van der Waals surface area (Å²) in [6, 6.07) is 38.5. The Morgan fingerprint density at radius 2 is 1.04 bits per heavy atom. The molecule has 8 nitrogen and oxygen atoms in total. The average Bonchev–Trinajstić information content (AvgIpc) is 3.07. The van der Waals surface area contributed by atoms with Gasteiger partial charge in [0.05, 0.1) is 32.5 Å². The summed E-state index contributed by atoms with van der Waals surface area (Å²) in [7, 11) is 0. The Morgan fingerprint density at radius 1 is 0.625 bits per heavy atom. The van der Waals surface area contributed by atoms with Crippen LogP contribution >= 0.6 is 0 Å². The fraction of sp³-hybridized carbons (Fsp3) is 0.308. The van der Waals surface area contributed by atoms with E-state index in [9.17, 15) is 9.59 Å². The van der Waals surface area contributed by atoms with E-state index in [2.05, 4.69) is 5.32 Å². The molecule has 0 saturated heterocycles. The van der Waals surface area contributed by atoms with Gasteiger partial charge in [0, 0.05) is 39.9 Å². The molecule has 48 heavy (non-hydrogen) atoms. The van der Waals surface area contributed by atoms with E-state index in [1.165, 1.54) is 6.54 Å². The monoisotopic (exact) mass is 870 g/mol. The third-order valence-corrected chi connectivity index (χ3v) is 6.90. The van der Waals surface area contributed by atoms with E-state index in [0.29, 0.717) is 0 Å². The molecule has 9 heteroatoms. The molecule has 252 valence electrons. The standard InChI is InChI=1S/C39H44NO7.Th/c1-39(2,3)47-38(42)40-24-35(44-26-31-18-10-5-11-19-31)37(46-28-33-22-14-7-15-23-33)36(45-27-32-20-12-6-13-21-32)34(41)29-43-25-30-16-8-4-9-17-30;/h4-24,35-37H,25-29H2,1-3H3,(H,40,42);/q-1;/t35-,36+,37+;/m0./s1. The number of rotatable bonds is 18. The molecule has 0 aliphatic heterocycles. The molecule has 0 fully saturated rings. The quantitative estimate of drug-likeness (QED) is 0.106. The molecule has 0 aromatic heterocycles. The van der Waals surface area contributed by atoms with Crippen LogP contribution < -0.4 is 5.32 Å². The molecule has 0 heterocycles. The molecule has 1 N–H and O–H groups in total. The van der Waals surface area contributed by atoms with Gasteiger partial charge < -0.3 is 29.0 Å². The zero-order valence-electron chi connectivity index (χ0n) is 27.7. The number of ether oxygens (including phenoxy) is 5. The number of carbonyl (C=O) groups is 2. The van der Waals surface area contributed by atoms with E-state index in [1.807, 2.05) is 121 Å². The van der Waals surface area contributed by atoms with Crippen molar-refractivity contribution >= 4 is 11.9 Å². The number of amides is 1. The number of carbonyl (C=O) groups excluding carboxylic acids is 2. The topological polar surface area (TPSA) is 92.3 Å². The third-order valence-electron chi connectivity index (χ3n) is 6.90. The van der Waals surface area contributed by atoms with E-state index in [0.717, 1.165) is 22.3 Å². The van der Waals surface area contributed by atoms with Gasteiger partial charge in [-0.3, -0.25) is 4.79 Å². The Morgan fingerprint density at radius 3 is 1.50 bits per heavy atom. The Kier molecular flexibility index (Phi) is 17.4. The largest absolute Gasteiger partial charge is 0.468 e.